The lowest BCUT2D eigenvalue weighted by atomic mass is 10.3. The van der Waals surface area contributed by atoms with E-state index in [1.54, 1.807) is 0 Å². The maximum atomic E-state index is 5.31. The maximum Gasteiger partial charge on any atom is 0.142 e. The Labute approximate surface area is 99.6 Å². The standard InChI is InChI=1S/C11H17BrN2O/c1-4-15-8-7-14(3)11-10(12)9(2)5-6-13-11/h5-6H,4,7-8H2,1-3H3. The summed E-state index contributed by atoms with van der Waals surface area (Å²) < 4.78 is 6.37. The van der Waals surface area contributed by atoms with Crippen molar-refractivity contribution in [2.24, 2.45) is 0 Å². The van der Waals surface area contributed by atoms with E-state index in [0.29, 0.717) is 0 Å². The van der Waals surface area contributed by atoms with Gasteiger partial charge in [-0.2, -0.15) is 0 Å². The van der Waals surface area contributed by atoms with Gasteiger partial charge in [-0.15, -0.1) is 0 Å². The fraction of sp³-hybridized carbons (Fsp3) is 0.545. The van der Waals surface area contributed by atoms with Crippen LogP contribution in [0.25, 0.3) is 0 Å². The van der Waals surface area contributed by atoms with E-state index >= 15 is 0 Å². The first kappa shape index (κ1) is 12.5. The van der Waals surface area contributed by atoms with Gasteiger partial charge in [0.25, 0.3) is 0 Å². The number of anilines is 1. The zero-order valence-electron chi connectivity index (χ0n) is 9.46. The van der Waals surface area contributed by atoms with E-state index in [-0.39, 0.29) is 0 Å². The zero-order valence-corrected chi connectivity index (χ0v) is 11.0. The minimum absolute atomic E-state index is 0.731. The molecule has 0 unspecified atom stereocenters. The largest absolute Gasteiger partial charge is 0.380 e. The van der Waals surface area contributed by atoms with Crippen LogP contribution in [0, 0.1) is 6.92 Å². The van der Waals surface area contributed by atoms with E-state index in [1.165, 1.54) is 5.56 Å². The van der Waals surface area contributed by atoms with E-state index in [0.717, 1.165) is 30.0 Å². The van der Waals surface area contributed by atoms with E-state index in [2.05, 4.69) is 32.7 Å². The highest BCUT2D eigenvalue weighted by atomic mass is 79.9. The van der Waals surface area contributed by atoms with Gasteiger partial charge in [-0.05, 0) is 41.4 Å². The van der Waals surface area contributed by atoms with Crippen LogP contribution in [0.3, 0.4) is 0 Å². The van der Waals surface area contributed by atoms with Crippen LogP contribution in [0.2, 0.25) is 0 Å². The van der Waals surface area contributed by atoms with Gasteiger partial charge in [0.05, 0.1) is 11.1 Å². The monoisotopic (exact) mass is 272 g/mol. The molecule has 0 atom stereocenters. The highest BCUT2D eigenvalue weighted by Crippen LogP contribution is 2.25. The molecular formula is C11H17BrN2O. The number of pyridine rings is 1. The Morgan fingerprint density at radius 1 is 1.53 bits per heavy atom. The first-order chi connectivity index (χ1) is 7.16. The van der Waals surface area contributed by atoms with Crippen molar-refractivity contribution < 1.29 is 4.74 Å². The topological polar surface area (TPSA) is 25.4 Å². The van der Waals surface area contributed by atoms with Crippen molar-refractivity contribution >= 4 is 21.7 Å². The number of hydrogen-bond donors (Lipinski definition) is 0. The van der Waals surface area contributed by atoms with Crippen LogP contribution >= 0.6 is 15.9 Å². The second kappa shape index (κ2) is 6.08. The van der Waals surface area contributed by atoms with Gasteiger partial charge < -0.3 is 9.64 Å². The van der Waals surface area contributed by atoms with Crippen LogP contribution in [0.15, 0.2) is 16.7 Å². The number of hydrogen-bond acceptors (Lipinski definition) is 3. The van der Waals surface area contributed by atoms with Gasteiger partial charge in [-0.3, -0.25) is 0 Å². The molecule has 15 heavy (non-hydrogen) atoms. The fourth-order valence-electron chi connectivity index (χ4n) is 1.24. The van der Waals surface area contributed by atoms with Crippen molar-refractivity contribution in [3.63, 3.8) is 0 Å². The average Bonchev–Trinajstić information content (AvgIpc) is 2.22. The molecule has 4 heteroatoms. The molecule has 0 radical (unpaired) electrons. The lowest BCUT2D eigenvalue weighted by Crippen LogP contribution is -2.24. The Hall–Kier alpha value is -0.610. The van der Waals surface area contributed by atoms with E-state index < -0.39 is 0 Å². The zero-order chi connectivity index (χ0) is 11.3. The molecular weight excluding hydrogens is 256 g/mol. The van der Waals surface area contributed by atoms with E-state index in [1.807, 2.05) is 26.2 Å². The molecule has 0 aliphatic heterocycles. The smallest absolute Gasteiger partial charge is 0.142 e. The Kier molecular flexibility index (Phi) is 5.05. The average molecular weight is 273 g/mol. The van der Waals surface area contributed by atoms with Crippen LogP contribution in [0.5, 0.6) is 0 Å². The summed E-state index contributed by atoms with van der Waals surface area (Å²) in [6.07, 6.45) is 1.83. The fourth-order valence-corrected chi connectivity index (χ4v) is 1.78. The first-order valence-corrected chi connectivity index (χ1v) is 5.86. The van der Waals surface area contributed by atoms with Crippen molar-refractivity contribution in [3.8, 4) is 0 Å². The minimum Gasteiger partial charge on any atom is -0.380 e. The number of nitrogens with zero attached hydrogens (tertiary/aromatic N) is 2. The molecule has 0 saturated heterocycles. The quantitative estimate of drug-likeness (QED) is 0.771. The summed E-state index contributed by atoms with van der Waals surface area (Å²) in [4.78, 5) is 6.43. The summed E-state index contributed by atoms with van der Waals surface area (Å²) >= 11 is 3.54. The number of aromatic nitrogens is 1. The first-order valence-electron chi connectivity index (χ1n) is 5.06. The third kappa shape index (κ3) is 3.47. The molecule has 0 fully saturated rings. The summed E-state index contributed by atoms with van der Waals surface area (Å²) in [5, 5.41) is 0. The van der Waals surface area contributed by atoms with Crippen LogP contribution in [-0.2, 0) is 4.74 Å². The molecule has 0 N–H and O–H groups in total. The predicted octanol–water partition coefficient (Wildman–Crippen LogP) is 2.63. The molecule has 0 saturated carbocycles. The van der Waals surface area contributed by atoms with Crippen LogP contribution in [0.4, 0.5) is 5.82 Å². The molecule has 0 amide bonds. The third-order valence-electron chi connectivity index (χ3n) is 2.20. The number of halogens is 1. The number of aryl methyl sites for hydroxylation is 1. The molecule has 0 aromatic carbocycles. The minimum atomic E-state index is 0.731. The third-order valence-corrected chi connectivity index (χ3v) is 3.18. The van der Waals surface area contributed by atoms with Crippen LogP contribution in [-0.4, -0.2) is 31.8 Å². The maximum absolute atomic E-state index is 5.31. The van der Waals surface area contributed by atoms with Crippen molar-refractivity contribution in [2.45, 2.75) is 13.8 Å². The normalized spacial score (nSPS) is 10.4. The van der Waals surface area contributed by atoms with Gasteiger partial charge in [0.15, 0.2) is 0 Å². The number of likely N-dealkylation sites (N-methyl/N-ethyl adjacent to an activating group) is 1. The lowest BCUT2D eigenvalue weighted by molar-refractivity contribution is 0.154. The predicted molar refractivity (Wildman–Crippen MR) is 66.4 cm³/mol. The number of rotatable bonds is 5. The summed E-state index contributed by atoms with van der Waals surface area (Å²) in [5.41, 5.74) is 1.20. The molecule has 1 aromatic rings. The summed E-state index contributed by atoms with van der Waals surface area (Å²) in [6.45, 7) is 6.40. The highest BCUT2D eigenvalue weighted by Gasteiger charge is 2.08. The Morgan fingerprint density at radius 3 is 2.93 bits per heavy atom. The van der Waals surface area contributed by atoms with E-state index in [4.69, 9.17) is 4.74 Å². The van der Waals surface area contributed by atoms with Crippen LogP contribution < -0.4 is 4.90 Å². The van der Waals surface area contributed by atoms with Gasteiger partial charge in [0.2, 0.25) is 0 Å². The molecule has 1 aromatic heterocycles. The second-order valence-corrected chi connectivity index (χ2v) is 4.18. The molecule has 3 nitrogen and oxygen atoms in total. The van der Waals surface area contributed by atoms with Crippen molar-refractivity contribution in [1.29, 1.82) is 0 Å². The Balaban J connectivity index is 2.65. The number of ether oxygens (including phenoxy) is 1. The van der Waals surface area contributed by atoms with Crippen molar-refractivity contribution in [3.05, 3.63) is 22.3 Å². The van der Waals surface area contributed by atoms with Crippen LogP contribution in [0.1, 0.15) is 12.5 Å². The molecule has 0 aliphatic rings. The summed E-state index contributed by atoms with van der Waals surface area (Å²) in [5.74, 6) is 0.967. The molecule has 0 spiro atoms. The van der Waals surface area contributed by atoms with Crippen molar-refractivity contribution in [1.82, 2.24) is 4.98 Å². The van der Waals surface area contributed by atoms with Crippen molar-refractivity contribution in [2.75, 3.05) is 31.7 Å². The lowest BCUT2D eigenvalue weighted by Gasteiger charge is -2.19. The van der Waals surface area contributed by atoms with Gasteiger partial charge >= 0.3 is 0 Å². The van der Waals surface area contributed by atoms with Gasteiger partial charge in [-0.1, -0.05) is 0 Å². The molecule has 0 aliphatic carbocycles. The second-order valence-electron chi connectivity index (χ2n) is 3.38. The Morgan fingerprint density at radius 2 is 2.27 bits per heavy atom. The molecule has 84 valence electrons. The highest BCUT2D eigenvalue weighted by molar-refractivity contribution is 9.10. The molecule has 0 bridgehead atoms. The molecule has 1 rings (SSSR count). The van der Waals surface area contributed by atoms with E-state index in [9.17, 15) is 0 Å². The van der Waals surface area contributed by atoms with Gasteiger partial charge in [0.1, 0.15) is 5.82 Å². The molecule has 1 heterocycles. The Bertz CT molecular complexity index is 317. The summed E-state index contributed by atoms with van der Waals surface area (Å²) in [7, 11) is 2.02. The summed E-state index contributed by atoms with van der Waals surface area (Å²) in [6, 6.07) is 1.99. The SMILES string of the molecule is CCOCCN(C)c1nccc(C)c1Br. The van der Waals surface area contributed by atoms with Gasteiger partial charge in [-0.25, -0.2) is 4.98 Å². The van der Waals surface area contributed by atoms with Gasteiger partial charge in [0, 0.05) is 26.4 Å².